The van der Waals surface area contributed by atoms with Crippen molar-refractivity contribution < 1.29 is 19.4 Å². The summed E-state index contributed by atoms with van der Waals surface area (Å²) >= 11 is 0. The van der Waals surface area contributed by atoms with Crippen LogP contribution in [0.3, 0.4) is 0 Å². The molecule has 0 aliphatic rings. The highest BCUT2D eigenvalue weighted by Gasteiger charge is 2.14. The van der Waals surface area contributed by atoms with Crippen molar-refractivity contribution >= 4 is 5.97 Å². The molecule has 0 bridgehead atoms. The minimum atomic E-state index is -0.987. The number of rotatable bonds is 6. The van der Waals surface area contributed by atoms with Crippen LogP contribution in [0.15, 0.2) is 36.5 Å². The molecule has 0 radical (unpaired) electrons. The molecule has 1 aromatic carbocycles. The lowest BCUT2D eigenvalue weighted by molar-refractivity contribution is 0.0688. The van der Waals surface area contributed by atoms with Gasteiger partial charge in [-0.05, 0) is 38.1 Å². The van der Waals surface area contributed by atoms with Crippen LogP contribution >= 0.6 is 0 Å². The molecule has 0 saturated heterocycles. The van der Waals surface area contributed by atoms with Crippen LogP contribution in [0.1, 0.15) is 24.3 Å². The molecular weight excluding hydrogens is 258 g/mol. The van der Waals surface area contributed by atoms with Crippen molar-refractivity contribution in [1.82, 2.24) is 4.57 Å². The number of carboxylic acids is 1. The van der Waals surface area contributed by atoms with Gasteiger partial charge in [0, 0.05) is 12.3 Å². The van der Waals surface area contributed by atoms with E-state index in [0.29, 0.717) is 30.4 Å². The van der Waals surface area contributed by atoms with Crippen LogP contribution in [0.4, 0.5) is 0 Å². The molecule has 0 amide bonds. The zero-order chi connectivity index (χ0) is 14.5. The minimum Gasteiger partial charge on any atom is -0.494 e. The Hall–Kier alpha value is -2.43. The van der Waals surface area contributed by atoms with Gasteiger partial charge in [-0.25, -0.2) is 4.79 Å². The summed E-state index contributed by atoms with van der Waals surface area (Å²) in [5.41, 5.74) is 0.833. The first kappa shape index (κ1) is 14.0. The maximum Gasteiger partial charge on any atom is 0.352 e. The lowest BCUT2D eigenvalue weighted by atomic mass is 10.2. The van der Waals surface area contributed by atoms with Crippen molar-refractivity contribution in [2.45, 2.75) is 13.8 Å². The lowest BCUT2D eigenvalue weighted by Gasteiger charge is -2.14. The number of hydrogen-bond donors (Lipinski definition) is 1. The third kappa shape index (κ3) is 2.77. The van der Waals surface area contributed by atoms with E-state index >= 15 is 0 Å². The molecule has 5 nitrogen and oxygen atoms in total. The fourth-order valence-electron chi connectivity index (χ4n) is 1.98. The number of benzene rings is 1. The first-order chi connectivity index (χ1) is 9.67. The van der Waals surface area contributed by atoms with Crippen LogP contribution in [0.5, 0.6) is 11.5 Å². The quantitative estimate of drug-likeness (QED) is 0.880. The second-order valence-corrected chi connectivity index (χ2v) is 4.06. The van der Waals surface area contributed by atoms with Gasteiger partial charge in [-0.1, -0.05) is 0 Å². The van der Waals surface area contributed by atoms with Gasteiger partial charge >= 0.3 is 5.97 Å². The second kappa shape index (κ2) is 6.14. The predicted molar refractivity (Wildman–Crippen MR) is 75.1 cm³/mol. The van der Waals surface area contributed by atoms with Gasteiger partial charge in [0.1, 0.15) is 17.2 Å². The summed E-state index contributed by atoms with van der Waals surface area (Å²) in [5, 5.41) is 9.22. The van der Waals surface area contributed by atoms with Gasteiger partial charge in [0.25, 0.3) is 0 Å². The van der Waals surface area contributed by atoms with Crippen molar-refractivity contribution in [1.29, 1.82) is 0 Å². The molecule has 0 aliphatic heterocycles. The van der Waals surface area contributed by atoms with Gasteiger partial charge in [0.05, 0.1) is 18.9 Å². The van der Waals surface area contributed by atoms with E-state index in [1.165, 1.54) is 0 Å². The summed E-state index contributed by atoms with van der Waals surface area (Å²) < 4.78 is 12.6. The SMILES string of the molecule is CCOc1ccc(OCC)c(-n2cccc2C(=O)O)c1. The number of nitrogens with zero attached hydrogens (tertiary/aromatic N) is 1. The third-order valence-corrected chi connectivity index (χ3v) is 2.77. The first-order valence-electron chi connectivity index (χ1n) is 6.48. The Labute approximate surface area is 117 Å². The molecular formula is C15H17NO4. The molecule has 0 unspecified atom stereocenters. The van der Waals surface area contributed by atoms with E-state index in [1.807, 2.05) is 19.9 Å². The number of carbonyl (C=O) groups is 1. The molecule has 0 aliphatic carbocycles. The summed E-state index contributed by atoms with van der Waals surface area (Å²) in [6.07, 6.45) is 1.69. The smallest absolute Gasteiger partial charge is 0.352 e. The molecule has 0 fully saturated rings. The number of carboxylic acid groups (broad SMARTS) is 1. The van der Waals surface area contributed by atoms with Crippen LogP contribution in [-0.2, 0) is 0 Å². The Morgan fingerprint density at radius 2 is 1.95 bits per heavy atom. The maximum atomic E-state index is 11.2. The van der Waals surface area contributed by atoms with Crippen LogP contribution in [0.2, 0.25) is 0 Å². The predicted octanol–water partition coefficient (Wildman–Crippen LogP) is 2.97. The van der Waals surface area contributed by atoms with Crippen molar-refractivity contribution in [3.05, 3.63) is 42.2 Å². The average Bonchev–Trinajstić information content (AvgIpc) is 2.90. The van der Waals surface area contributed by atoms with Crippen LogP contribution in [0, 0.1) is 0 Å². The Balaban J connectivity index is 2.53. The summed E-state index contributed by atoms with van der Waals surface area (Å²) in [4.78, 5) is 11.2. The Kier molecular flexibility index (Phi) is 4.30. The van der Waals surface area contributed by atoms with Crippen molar-refractivity contribution in [3.63, 3.8) is 0 Å². The molecule has 5 heteroatoms. The van der Waals surface area contributed by atoms with E-state index in [1.54, 1.807) is 35.0 Å². The van der Waals surface area contributed by atoms with Gasteiger partial charge in [-0.15, -0.1) is 0 Å². The van der Waals surface area contributed by atoms with Gasteiger partial charge in [-0.3, -0.25) is 0 Å². The molecule has 1 N–H and O–H groups in total. The lowest BCUT2D eigenvalue weighted by Crippen LogP contribution is -2.08. The van der Waals surface area contributed by atoms with Crippen LogP contribution in [-0.4, -0.2) is 28.9 Å². The highest BCUT2D eigenvalue weighted by atomic mass is 16.5. The summed E-state index contributed by atoms with van der Waals surface area (Å²) in [6.45, 7) is 4.83. The largest absolute Gasteiger partial charge is 0.494 e. The molecule has 1 aromatic heterocycles. The standard InChI is InChI=1S/C15H17NO4/c1-3-19-11-7-8-14(20-4-2)13(10-11)16-9-5-6-12(16)15(17)18/h5-10H,3-4H2,1-2H3,(H,17,18). The summed E-state index contributed by atoms with van der Waals surface area (Å²) in [5.74, 6) is 0.310. The van der Waals surface area contributed by atoms with Gasteiger partial charge < -0.3 is 19.1 Å². The topological polar surface area (TPSA) is 60.7 Å². The fourth-order valence-corrected chi connectivity index (χ4v) is 1.98. The second-order valence-electron chi connectivity index (χ2n) is 4.06. The summed E-state index contributed by atoms with van der Waals surface area (Å²) in [6, 6.07) is 8.61. The van der Waals surface area contributed by atoms with E-state index < -0.39 is 5.97 Å². The number of hydrogen-bond acceptors (Lipinski definition) is 3. The molecule has 2 rings (SSSR count). The van der Waals surface area contributed by atoms with Crippen molar-refractivity contribution in [2.24, 2.45) is 0 Å². The molecule has 106 valence electrons. The highest BCUT2D eigenvalue weighted by molar-refractivity contribution is 5.87. The van der Waals surface area contributed by atoms with Gasteiger partial charge in [0.15, 0.2) is 0 Å². The average molecular weight is 275 g/mol. The number of aromatic carboxylic acids is 1. The van der Waals surface area contributed by atoms with Crippen LogP contribution < -0.4 is 9.47 Å². The van der Waals surface area contributed by atoms with E-state index in [9.17, 15) is 9.90 Å². The Morgan fingerprint density at radius 1 is 1.20 bits per heavy atom. The third-order valence-electron chi connectivity index (χ3n) is 2.77. The fraction of sp³-hybridized carbons (Fsp3) is 0.267. The zero-order valence-electron chi connectivity index (χ0n) is 11.5. The van der Waals surface area contributed by atoms with Gasteiger partial charge in [-0.2, -0.15) is 0 Å². The summed E-state index contributed by atoms with van der Waals surface area (Å²) in [7, 11) is 0. The van der Waals surface area contributed by atoms with E-state index in [-0.39, 0.29) is 5.69 Å². The molecule has 0 atom stereocenters. The molecule has 20 heavy (non-hydrogen) atoms. The maximum absolute atomic E-state index is 11.2. The van der Waals surface area contributed by atoms with Crippen molar-refractivity contribution in [3.8, 4) is 17.2 Å². The number of ether oxygens (including phenoxy) is 2. The normalized spacial score (nSPS) is 10.3. The molecule has 1 heterocycles. The highest BCUT2D eigenvalue weighted by Crippen LogP contribution is 2.29. The molecule has 0 saturated carbocycles. The molecule has 0 spiro atoms. The van der Waals surface area contributed by atoms with E-state index in [2.05, 4.69) is 0 Å². The van der Waals surface area contributed by atoms with Gasteiger partial charge in [0.2, 0.25) is 0 Å². The molecule has 2 aromatic rings. The zero-order valence-corrected chi connectivity index (χ0v) is 11.5. The van der Waals surface area contributed by atoms with E-state index in [4.69, 9.17) is 9.47 Å². The Bertz CT molecular complexity index is 604. The first-order valence-corrected chi connectivity index (χ1v) is 6.48. The van der Waals surface area contributed by atoms with E-state index in [0.717, 1.165) is 0 Å². The number of aromatic nitrogens is 1. The van der Waals surface area contributed by atoms with Crippen LogP contribution in [0.25, 0.3) is 5.69 Å². The Morgan fingerprint density at radius 3 is 2.60 bits per heavy atom. The monoisotopic (exact) mass is 275 g/mol. The van der Waals surface area contributed by atoms with Crippen molar-refractivity contribution in [2.75, 3.05) is 13.2 Å². The minimum absolute atomic E-state index is 0.180.